The van der Waals surface area contributed by atoms with E-state index in [-0.39, 0.29) is 24.8 Å². The molecule has 104 valence electrons. The zero-order valence-electron chi connectivity index (χ0n) is 10.7. The van der Waals surface area contributed by atoms with Crippen molar-refractivity contribution in [1.82, 2.24) is 14.5 Å². The standard InChI is InChI=1S/C13H15N3O.2ClH/c1-17-13-6-5-10(7-15-13)12-4-2-3-11-8-14-9-16(11)12;;/h5-9,12H,2-4H2,1H3;2*1H. The summed E-state index contributed by atoms with van der Waals surface area (Å²) in [6.07, 6.45) is 9.27. The Morgan fingerprint density at radius 1 is 1.26 bits per heavy atom. The van der Waals surface area contributed by atoms with Crippen LogP contribution in [0.15, 0.2) is 30.9 Å². The molecule has 1 atom stereocenters. The van der Waals surface area contributed by atoms with E-state index in [2.05, 4.69) is 20.6 Å². The van der Waals surface area contributed by atoms with Gasteiger partial charge in [-0.3, -0.25) is 0 Å². The summed E-state index contributed by atoms with van der Waals surface area (Å²) in [6.45, 7) is 0. The van der Waals surface area contributed by atoms with E-state index >= 15 is 0 Å². The fraction of sp³-hybridized carbons (Fsp3) is 0.385. The Balaban J connectivity index is 0.000000902. The molecule has 2 aromatic rings. The molecule has 1 unspecified atom stereocenters. The van der Waals surface area contributed by atoms with Crippen molar-refractivity contribution >= 4 is 24.8 Å². The average molecular weight is 302 g/mol. The van der Waals surface area contributed by atoms with Crippen molar-refractivity contribution < 1.29 is 4.74 Å². The van der Waals surface area contributed by atoms with Crippen LogP contribution in [0.4, 0.5) is 0 Å². The first-order chi connectivity index (χ1) is 8.38. The number of halogens is 2. The molecule has 0 saturated heterocycles. The maximum Gasteiger partial charge on any atom is 0.212 e. The second-order valence-electron chi connectivity index (χ2n) is 4.33. The van der Waals surface area contributed by atoms with Crippen LogP contribution < -0.4 is 4.74 Å². The lowest BCUT2D eigenvalue weighted by Gasteiger charge is -2.25. The number of hydrogen-bond acceptors (Lipinski definition) is 3. The van der Waals surface area contributed by atoms with Crippen LogP contribution in [0, 0.1) is 0 Å². The lowest BCUT2D eigenvalue weighted by atomic mass is 9.97. The lowest BCUT2D eigenvalue weighted by Crippen LogP contribution is -2.17. The third-order valence-electron chi connectivity index (χ3n) is 3.35. The fourth-order valence-electron chi connectivity index (χ4n) is 2.46. The summed E-state index contributed by atoms with van der Waals surface area (Å²) in [4.78, 5) is 8.50. The van der Waals surface area contributed by atoms with Crippen LogP contribution in [0.3, 0.4) is 0 Å². The summed E-state index contributed by atoms with van der Waals surface area (Å²) >= 11 is 0. The highest BCUT2D eigenvalue weighted by Crippen LogP contribution is 2.30. The van der Waals surface area contributed by atoms with E-state index < -0.39 is 0 Å². The van der Waals surface area contributed by atoms with Gasteiger partial charge in [-0.15, -0.1) is 24.8 Å². The van der Waals surface area contributed by atoms with Crippen LogP contribution in [-0.4, -0.2) is 21.6 Å². The van der Waals surface area contributed by atoms with Gasteiger partial charge in [-0.1, -0.05) is 6.07 Å². The van der Waals surface area contributed by atoms with Gasteiger partial charge in [-0.05, 0) is 24.8 Å². The molecule has 1 aliphatic heterocycles. The molecular formula is C13H17Cl2N3O. The molecule has 0 N–H and O–H groups in total. The molecule has 0 radical (unpaired) electrons. The van der Waals surface area contributed by atoms with E-state index in [9.17, 15) is 0 Å². The molecule has 19 heavy (non-hydrogen) atoms. The number of hydrogen-bond donors (Lipinski definition) is 0. The van der Waals surface area contributed by atoms with Gasteiger partial charge >= 0.3 is 0 Å². The monoisotopic (exact) mass is 301 g/mol. The van der Waals surface area contributed by atoms with Gasteiger partial charge in [0.25, 0.3) is 0 Å². The summed E-state index contributed by atoms with van der Waals surface area (Å²) in [5.74, 6) is 0.662. The number of fused-ring (bicyclic) bond motifs is 1. The first-order valence-electron chi connectivity index (χ1n) is 5.89. The summed E-state index contributed by atoms with van der Waals surface area (Å²) < 4.78 is 7.34. The minimum absolute atomic E-state index is 0. The number of ether oxygens (including phenoxy) is 1. The van der Waals surface area contributed by atoms with Crippen LogP contribution in [-0.2, 0) is 6.42 Å². The molecule has 0 spiro atoms. The third-order valence-corrected chi connectivity index (χ3v) is 3.35. The Bertz CT molecular complexity index is 513. The van der Waals surface area contributed by atoms with Gasteiger partial charge in [-0.25, -0.2) is 9.97 Å². The van der Waals surface area contributed by atoms with Gasteiger partial charge in [0.15, 0.2) is 0 Å². The van der Waals surface area contributed by atoms with Crippen LogP contribution >= 0.6 is 24.8 Å². The number of pyridine rings is 1. The highest BCUT2D eigenvalue weighted by atomic mass is 35.5. The van der Waals surface area contributed by atoms with Crippen molar-refractivity contribution in [2.45, 2.75) is 25.3 Å². The molecule has 0 aliphatic carbocycles. The van der Waals surface area contributed by atoms with E-state index in [1.54, 1.807) is 7.11 Å². The van der Waals surface area contributed by atoms with Crippen LogP contribution in [0.25, 0.3) is 0 Å². The van der Waals surface area contributed by atoms with Crippen molar-refractivity contribution in [3.63, 3.8) is 0 Å². The van der Waals surface area contributed by atoms with Gasteiger partial charge in [0.05, 0.1) is 19.5 Å². The second kappa shape index (κ2) is 6.78. The number of aromatic nitrogens is 3. The SMILES string of the molecule is COc1ccc(C2CCCc3cncn32)cn1.Cl.Cl. The number of imidazole rings is 1. The molecule has 2 aromatic heterocycles. The van der Waals surface area contributed by atoms with Gasteiger partial charge in [0, 0.05) is 24.2 Å². The third kappa shape index (κ3) is 3.01. The molecule has 0 saturated carbocycles. The zero-order valence-corrected chi connectivity index (χ0v) is 12.3. The van der Waals surface area contributed by atoms with Crippen LogP contribution in [0.1, 0.15) is 30.1 Å². The largest absolute Gasteiger partial charge is 0.481 e. The van der Waals surface area contributed by atoms with Gasteiger partial charge in [-0.2, -0.15) is 0 Å². The Morgan fingerprint density at radius 3 is 2.79 bits per heavy atom. The van der Waals surface area contributed by atoms with Gasteiger partial charge < -0.3 is 9.30 Å². The summed E-state index contributed by atoms with van der Waals surface area (Å²) in [5.41, 5.74) is 2.54. The van der Waals surface area contributed by atoms with Crippen molar-refractivity contribution in [3.8, 4) is 5.88 Å². The van der Waals surface area contributed by atoms with E-state index in [1.165, 1.54) is 17.7 Å². The van der Waals surface area contributed by atoms with E-state index in [4.69, 9.17) is 4.74 Å². The maximum atomic E-state index is 5.08. The van der Waals surface area contributed by atoms with E-state index in [1.807, 2.05) is 24.8 Å². The quantitative estimate of drug-likeness (QED) is 0.856. The maximum absolute atomic E-state index is 5.08. The molecule has 3 heterocycles. The molecule has 0 fully saturated rings. The van der Waals surface area contributed by atoms with Crippen LogP contribution in [0.2, 0.25) is 0 Å². The summed E-state index contributed by atoms with van der Waals surface area (Å²) in [7, 11) is 1.64. The van der Waals surface area contributed by atoms with Crippen molar-refractivity contribution in [2.24, 2.45) is 0 Å². The molecule has 0 amide bonds. The highest BCUT2D eigenvalue weighted by Gasteiger charge is 2.21. The van der Waals surface area contributed by atoms with Gasteiger partial charge in [0.2, 0.25) is 5.88 Å². The predicted molar refractivity (Wildman–Crippen MR) is 78.6 cm³/mol. The Kier molecular flexibility index (Phi) is 5.63. The molecule has 0 bridgehead atoms. The van der Waals surface area contributed by atoms with Crippen molar-refractivity contribution in [3.05, 3.63) is 42.1 Å². The number of methoxy groups -OCH3 is 1. The predicted octanol–water partition coefficient (Wildman–Crippen LogP) is 3.06. The van der Waals surface area contributed by atoms with E-state index in [0.29, 0.717) is 11.9 Å². The Hall–Kier alpha value is -1.26. The van der Waals surface area contributed by atoms with Crippen molar-refractivity contribution in [1.29, 1.82) is 0 Å². The van der Waals surface area contributed by atoms with Gasteiger partial charge in [0.1, 0.15) is 0 Å². The smallest absolute Gasteiger partial charge is 0.212 e. The number of rotatable bonds is 2. The highest BCUT2D eigenvalue weighted by molar-refractivity contribution is 5.85. The summed E-state index contributed by atoms with van der Waals surface area (Å²) in [5, 5.41) is 0. The fourth-order valence-corrected chi connectivity index (χ4v) is 2.46. The normalized spacial score (nSPS) is 16.8. The topological polar surface area (TPSA) is 39.9 Å². The molecule has 1 aliphatic rings. The number of nitrogens with zero attached hydrogens (tertiary/aromatic N) is 3. The molecule has 6 heteroatoms. The first-order valence-corrected chi connectivity index (χ1v) is 5.89. The van der Waals surface area contributed by atoms with Crippen molar-refractivity contribution in [2.75, 3.05) is 7.11 Å². The zero-order chi connectivity index (χ0) is 11.7. The average Bonchev–Trinajstić information content (AvgIpc) is 2.87. The van der Waals surface area contributed by atoms with E-state index in [0.717, 1.165) is 12.8 Å². The summed E-state index contributed by atoms with van der Waals surface area (Å²) in [6, 6.07) is 4.38. The first kappa shape index (κ1) is 15.8. The van der Waals surface area contributed by atoms with Crippen LogP contribution in [0.5, 0.6) is 5.88 Å². The molecule has 0 aromatic carbocycles. The number of aryl methyl sites for hydroxylation is 1. The molecular weight excluding hydrogens is 285 g/mol. The minimum atomic E-state index is 0. The lowest BCUT2D eigenvalue weighted by molar-refractivity contribution is 0.396. The second-order valence-corrected chi connectivity index (χ2v) is 4.33. The molecule has 3 rings (SSSR count). The molecule has 4 nitrogen and oxygen atoms in total. The Labute approximate surface area is 125 Å². The Morgan fingerprint density at radius 2 is 2.11 bits per heavy atom. The minimum Gasteiger partial charge on any atom is -0.481 e.